The summed E-state index contributed by atoms with van der Waals surface area (Å²) < 4.78 is 12.4. The molecule has 0 spiro atoms. The zero-order chi connectivity index (χ0) is 25.7. The van der Waals surface area contributed by atoms with Gasteiger partial charge in [0.1, 0.15) is 5.82 Å². The Morgan fingerprint density at radius 3 is 2.70 bits per heavy atom. The molecule has 6 heterocycles. The van der Waals surface area contributed by atoms with E-state index in [1.807, 2.05) is 6.07 Å². The molecule has 2 aliphatic rings. The van der Waals surface area contributed by atoms with E-state index in [2.05, 4.69) is 40.4 Å². The van der Waals surface area contributed by atoms with Crippen LogP contribution in [-0.4, -0.2) is 39.3 Å². The zero-order valence-electron chi connectivity index (χ0n) is 21.2. The third kappa shape index (κ3) is 4.27. The molecule has 3 N–H and O–H groups in total. The van der Waals surface area contributed by atoms with Crippen molar-refractivity contribution in [1.82, 2.24) is 25.5 Å². The van der Waals surface area contributed by atoms with Crippen LogP contribution >= 0.6 is 11.3 Å². The second kappa shape index (κ2) is 9.50. The SMILES string of the molecule is Cc1nnc(-c2c(CCC3CCOCC3)nc3c(c2-c2cc4ccnc(N)c4s2)C(=O)NC3C(C)C)o1. The summed E-state index contributed by atoms with van der Waals surface area (Å²) in [6.07, 6.45) is 5.52. The molecule has 0 aliphatic carbocycles. The molecule has 10 heteroatoms. The van der Waals surface area contributed by atoms with Crippen LogP contribution < -0.4 is 11.1 Å². The molecule has 9 nitrogen and oxygen atoms in total. The molecule has 4 aromatic heterocycles. The van der Waals surface area contributed by atoms with E-state index in [-0.39, 0.29) is 17.9 Å². The van der Waals surface area contributed by atoms with Gasteiger partial charge in [0.15, 0.2) is 0 Å². The van der Waals surface area contributed by atoms with E-state index >= 15 is 0 Å². The fourth-order valence-corrected chi connectivity index (χ4v) is 6.53. The smallest absolute Gasteiger partial charge is 0.254 e. The Morgan fingerprint density at radius 2 is 2.00 bits per heavy atom. The first kappa shape index (κ1) is 24.0. The van der Waals surface area contributed by atoms with Gasteiger partial charge in [-0.15, -0.1) is 21.5 Å². The Labute approximate surface area is 218 Å². The Bertz CT molecular complexity index is 1490. The molecule has 192 valence electrons. The van der Waals surface area contributed by atoms with Gasteiger partial charge in [0.2, 0.25) is 11.8 Å². The monoisotopic (exact) mass is 518 g/mol. The largest absolute Gasteiger partial charge is 0.421 e. The van der Waals surface area contributed by atoms with E-state index in [4.69, 9.17) is 19.9 Å². The Morgan fingerprint density at radius 1 is 1.19 bits per heavy atom. The number of ether oxygens (including phenoxy) is 1. The van der Waals surface area contributed by atoms with Crippen molar-refractivity contribution in [2.75, 3.05) is 18.9 Å². The molecule has 6 rings (SSSR count). The van der Waals surface area contributed by atoms with Crippen LogP contribution in [0.1, 0.15) is 66.8 Å². The lowest BCUT2D eigenvalue weighted by molar-refractivity contribution is 0.0639. The highest BCUT2D eigenvalue weighted by atomic mass is 32.1. The highest BCUT2D eigenvalue weighted by Crippen LogP contribution is 2.47. The van der Waals surface area contributed by atoms with Crippen LogP contribution in [0.25, 0.3) is 32.0 Å². The third-order valence-corrected chi connectivity index (χ3v) is 8.54. The van der Waals surface area contributed by atoms with Gasteiger partial charge in [-0.3, -0.25) is 9.78 Å². The van der Waals surface area contributed by atoms with Gasteiger partial charge in [0.05, 0.1) is 33.3 Å². The van der Waals surface area contributed by atoms with Crippen molar-refractivity contribution in [3.05, 3.63) is 41.2 Å². The Hall–Kier alpha value is -3.37. The number of aryl methyl sites for hydroxylation is 2. The van der Waals surface area contributed by atoms with Crippen LogP contribution in [0.4, 0.5) is 5.82 Å². The molecule has 0 bridgehead atoms. The summed E-state index contributed by atoms with van der Waals surface area (Å²) in [5.41, 5.74) is 10.0. The summed E-state index contributed by atoms with van der Waals surface area (Å²) in [4.78, 5) is 23.8. The molecule has 1 unspecified atom stereocenters. The molecule has 4 aromatic rings. The van der Waals surface area contributed by atoms with Crippen LogP contribution in [0.5, 0.6) is 0 Å². The standard InChI is InChI=1S/C27H30N6O3S/c1-13(2)22-23-21(26(34)31-22)20(18-12-16-6-9-29-25(28)24(16)37-18)19(27-33-32-14(3)36-27)17(30-23)5-4-15-7-10-35-11-8-15/h6,9,12-13,15,22H,4-5,7-8,10-11H2,1-3H3,(H2,28,29)(H,31,34). The summed E-state index contributed by atoms with van der Waals surface area (Å²) in [6.45, 7) is 7.57. The van der Waals surface area contributed by atoms with E-state index in [9.17, 15) is 4.79 Å². The molecule has 1 amide bonds. The number of aromatic nitrogens is 4. The van der Waals surface area contributed by atoms with Crippen LogP contribution in [0.3, 0.4) is 0 Å². The van der Waals surface area contributed by atoms with E-state index in [1.54, 1.807) is 13.1 Å². The van der Waals surface area contributed by atoms with Crippen LogP contribution in [0.15, 0.2) is 22.7 Å². The number of nitrogens with zero attached hydrogens (tertiary/aromatic N) is 4. The molecule has 1 atom stereocenters. The number of rotatable bonds is 6. The number of nitrogens with one attached hydrogen (secondary N) is 1. The number of carbonyl (C=O) groups is 1. The summed E-state index contributed by atoms with van der Waals surface area (Å²) in [5.74, 6) is 1.94. The lowest BCUT2D eigenvalue weighted by atomic mass is 9.89. The van der Waals surface area contributed by atoms with Crippen LogP contribution in [0, 0.1) is 18.8 Å². The molecule has 0 aromatic carbocycles. The zero-order valence-corrected chi connectivity index (χ0v) is 22.0. The first-order valence-corrected chi connectivity index (χ1v) is 13.6. The van der Waals surface area contributed by atoms with Crippen molar-refractivity contribution in [2.45, 2.75) is 52.5 Å². The van der Waals surface area contributed by atoms with Crippen LogP contribution in [0.2, 0.25) is 0 Å². The minimum Gasteiger partial charge on any atom is -0.421 e. The fourth-order valence-electron chi connectivity index (χ4n) is 5.41. The normalized spacial score (nSPS) is 18.1. The van der Waals surface area contributed by atoms with E-state index in [1.165, 1.54) is 11.3 Å². The van der Waals surface area contributed by atoms with Crippen molar-refractivity contribution in [3.63, 3.8) is 0 Å². The van der Waals surface area contributed by atoms with Gasteiger partial charge in [-0.25, -0.2) is 4.98 Å². The third-order valence-electron chi connectivity index (χ3n) is 7.35. The molecule has 1 fully saturated rings. The lowest BCUT2D eigenvalue weighted by Crippen LogP contribution is -2.23. The average molecular weight is 519 g/mol. The predicted molar refractivity (Wildman–Crippen MR) is 142 cm³/mol. The van der Waals surface area contributed by atoms with Crippen molar-refractivity contribution < 1.29 is 13.9 Å². The van der Waals surface area contributed by atoms with Crippen LogP contribution in [-0.2, 0) is 11.2 Å². The highest BCUT2D eigenvalue weighted by Gasteiger charge is 2.39. The number of hydrogen-bond acceptors (Lipinski definition) is 9. The number of thiophene rings is 1. The maximum absolute atomic E-state index is 13.5. The number of pyridine rings is 2. The molecular formula is C27H30N6O3S. The van der Waals surface area contributed by atoms with Gasteiger partial charge in [-0.2, -0.15) is 0 Å². The summed E-state index contributed by atoms with van der Waals surface area (Å²) in [6, 6.07) is 3.84. The lowest BCUT2D eigenvalue weighted by Gasteiger charge is -2.23. The number of nitrogen functional groups attached to an aromatic ring is 1. The number of amides is 1. The average Bonchev–Trinajstić information content (AvgIpc) is 3.60. The second-order valence-corrected chi connectivity index (χ2v) is 11.3. The number of nitrogens with two attached hydrogens (primary N) is 1. The number of fused-ring (bicyclic) bond motifs is 2. The highest BCUT2D eigenvalue weighted by molar-refractivity contribution is 7.22. The Balaban J connectivity index is 1.60. The van der Waals surface area contributed by atoms with E-state index < -0.39 is 0 Å². The maximum Gasteiger partial charge on any atom is 0.254 e. The van der Waals surface area contributed by atoms with Crippen molar-refractivity contribution in [3.8, 4) is 21.9 Å². The van der Waals surface area contributed by atoms with Crippen molar-refractivity contribution in [1.29, 1.82) is 0 Å². The molecule has 2 aliphatic heterocycles. The van der Waals surface area contributed by atoms with Gasteiger partial charge in [0.25, 0.3) is 5.91 Å². The maximum atomic E-state index is 13.5. The molecule has 1 saturated heterocycles. The quantitative estimate of drug-likeness (QED) is 0.361. The number of anilines is 1. The van der Waals surface area contributed by atoms with Gasteiger partial charge in [0, 0.05) is 36.8 Å². The van der Waals surface area contributed by atoms with Crippen molar-refractivity contribution >= 4 is 33.1 Å². The fraction of sp³-hybridized carbons (Fsp3) is 0.444. The van der Waals surface area contributed by atoms with E-state index in [0.29, 0.717) is 29.1 Å². The second-order valence-electron chi connectivity index (χ2n) is 10.2. The van der Waals surface area contributed by atoms with Gasteiger partial charge in [-0.05, 0) is 55.0 Å². The number of carbonyl (C=O) groups excluding carboxylic acids is 1. The predicted octanol–water partition coefficient (Wildman–Crippen LogP) is 5.10. The molecule has 0 saturated carbocycles. The number of hydrogen-bond donors (Lipinski definition) is 2. The molecular weight excluding hydrogens is 488 g/mol. The molecule has 0 radical (unpaired) electrons. The van der Waals surface area contributed by atoms with E-state index in [0.717, 1.165) is 76.4 Å². The van der Waals surface area contributed by atoms with Gasteiger partial charge in [-0.1, -0.05) is 13.8 Å². The van der Waals surface area contributed by atoms with Crippen molar-refractivity contribution in [2.24, 2.45) is 11.8 Å². The molecule has 37 heavy (non-hydrogen) atoms. The summed E-state index contributed by atoms with van der Waals surface area (Å²) in [7, 11) is 0. The minimum atomic E-state index is -0.164. The summed E-state index contributed by atoms with van der Waals surface area (Å²) in [5, 5.41) is 12.7. The topological polar surface area (TPSA) is 129 Å². The summed E-state index contributed by atoms with van der Waals surface area (Å²) >= 11 is 1.52. The minimum absolute atomic E-state index is 0.131. The first-order chi connectivity index (χ1) is 17.9. The first-order valence-electron chi connectivity index (χ1n) is 12.8. The Kier molecular flexibility index (Phi) is 6.16. The van der Waals surface area contributed by atoms with Gasteiger partial charge >= 0.3 is 0 Å². The van der Waals surface area contributed by atoms with Gasteiger partial charge < -0.3 is 20.2 Å².